The third kappa shape index (κ3) is 4.42. The maximum absolute atomic E-state index is 12.9. The fraction of sp³-hybridized carbons (Fsp3) is 0.333. The summed E-state index contributed by atoms with van der Waals surface area (Å²) in [5.74, 6) is -0.401. The van der Waals surface area contributed by atoms with Crippen LogP contribution in [0, 0.1) is 0 Å². The van der Waals surface area contributed by atoms with Gasteiger partial charge in [-0.05, 0) is 55.7 Å². The summed E-state index contributed by atoms with van der Waals surface area (Å²) in [6.45, 7) is 5.88. The largest absolute Gasteiger partial charge is 0.350 e. The van der Waals surface area contributed by atoms with Crippen molar-refractivity contribution in [2.75, 3.05) is 16.2 Å². The van der Waals surface area contributed by atoms with Gasteiger partial charge < -0.3 is 10.2 Å². The second-order valence-electron chi connectivity index (χ2n) is 7.15. The number of fused-ring (bicyclic) bond motifs is 1. The van der Waals surface area contributed by atoms with E-state index in [0.717, 1.165) is 17.7 Å². The van der Waals surface area contributed by atoms with Gasteiger partial charge in [0.2, 0.25) is 5.91 Å². The first-order valence-electron chi connectivity index (χ1n) is 9.56. The Hall–Kier alpha value is -2.87. The fourth-order valence-electron chi connectivity index (χ4n) is 3.25. The molecule has 1 atom stereocenters. The highest BCUT2D eigenvalue weighted by molar-refractivity contribution is 7.92. The lowest BCUT2D eigenvalue weighted by Crippen LogP contribution is -2.32. The molecule has 0 bridgehead atoms. The lowest BCUT2D eigenvalue weighted by molar-refractivity contribution is -0.116. The minimum absolute atomic E-state index is 0.0203. The molecule has 1 aliphatic heterocycles. The second kappa shape index (κ2) is 8.24. The van der Waals surface area contributed by atoms with Gasteiger partial charge in [-0.3, -0.25) is 14.3 Å². The molecule has 8 heteroatoms. The predicted octanol–water partition coefficient (Wildman–Crippen LogP) is 2.92. The van der Waals surface area contributed by atoms with Crippen LogP contribution in [0.3, 0.4) is 0 Å². The average Bonchev–Trinajstić information content (AvgIpc) is 3.11. The Morgan fingerprint density at radius 3 is 2.59 bits per heavy atom. The molecule has 2 N–H and O–H groups in total. The van der Waals surface area contributed by atoms with Crippen LogP contribution in [0.2, 0.25) is 0 Å². The summed E-state index contributed by atoms with van der Waals surface area (Å²) in [7, 11) is -3.90. The first-order chi connectivity index (χ1) is 13.7. The predicted molar refractivity (Wildman–Crippen MR) is 113 cm³/mol. The van der Waals surface area contributed by atoms with Crippen LogP contribution in [-0.2, 0) is 21.2 Å². The summed E-state index contributed by atoms with van der Waals surface area (Å²) in [5.41, 5.74) is 2.04. The Balaban J connectivity index is 1.88. The molecule has 0 aliphatic carbocycles. The molecule has 0 fully saturated rings. The Bertz CT molecular complexity index is 1050. The zero-order valence-electron chi connectivity index (χ0n) is 16.7. The third-order valence-corrected chi connectivity index (χ3v) is 6.41. The van der Waals surface area contributed by atoms with E-state index in [4.69, 9.17) is 0 Å². The number of hydrogen-bond donors (Lipinski definition) is 2. The number of carbonyl (C=O) groups excluding carboxylic acids is 2. The highest BCUT2D eigenvalue weighted by Crippen LogP contribution is 2.31. The van der Waals surface area contributed by atoms with Crippen molar-refractivity contribution >= 4 is 33.2 Å². The smallest absolute Gasteiger partial charge is 0.261 e. The highest BCUT2D eigenvalue weighted by Gasteiger charge is 2.25. The van der Waals surface area contributed by atoms with Crippen LogP contribution < -0.4 is 14.9 Å². The number of hydrogen-bond acceptors (Lipinski definition) is 4. The minimum Gasteiger partial charge on any atom is -0.350 e. The zero-order chi connectivity index (χ0) is 21.2. The van der Waals surface area contributed by atoms with Crippen LogP contribution in [0.4, 0.5) is 11.4 Å². The van der Waals surface area contributed by atoms with Crippen molar-refractivity contribution in [2.45, 2.75) is 44.6 Å². The first kappa shape index (κ1) is 20.9. The van der Waals surface area contributed by atoms with Gasteiger partial charge in [0.15, 0.2) is 0 Å². The van der Waals surface area contributed by atoms with Crippen molar-refractivity contribution in [3.05, 3.63) is 53.6 Å². The van der Waals surface area contributed by atoms with E-state index >= 15 is 0 Å². The van der Waals surface area contributed by atoms with Gasteiger partial charge in [0.25, 0.3) is 15.9 Å². The molecule has 0 saturated heterocycles. The monoisotopic (exact) mass is 415 g/mol. The van der Waals surface area contributed by atoms with Gasteiger partial charge in [-0.25, -0.2) is 8.42 Å². The number of nitrogens with one attached hydrogen (secondary N) is 2. The third-order valence-electron chi connectivity index (χ3n) is 5.04. The number of para-hydroxylation sites is 1. The average molecular weight is 416 g/mol. The summed E-state index contributed by atoms with van der Waals surface area (Å²) in [6, 6.07) is 11.2. The van der Waals surface area contributed by atoms with Crippen molar-refractivity contribution < 1.29 is 18.0 Å². The van der Waals surface area contributed by atoms with Crippen molar-refractivity contribution in [1.29, 1.82) is 0 Å². The Morgan fingerprint density at radius 2 is 1.90 bits per heavy atom. The van der Waals surface area contributed by atoms with E-state index < -0.39 is 10.0 Å². The van der Waals surface area contributed by atoms with E-state index in [0.29, 0.717) is 13.0 Å². The zero-order valence-corrected chi connectivity index (χ0v) is 17.5. The van der Waals surface area contributed by atoms with E-state index in [1.54, 1.807) is 41.3 Å². The molecule has 154 valence electrons. The number of carbonyl (C=O) groups is 2. The Labute approximate surface area is 171 Å². The number of benzene rings is 2. The molecule has 0 unspecified atom stereocenters. The molecule has 2 aromatic carbocycles. The van der Waals surface area contributed by atoms with E-state index in [1.165, 1.54) is 13.0 Å². The van der Waals surface area contributed by atoms with Gasteiger partial charge >= 0.3 is 0 Å². The molecule has 3 rings (SSSR count). The SMILES string of the molecule is CC[C@H](C)NC(=O)c1ccccc1NS(=O)(=O)c1ccc2c(c1)CCN2C(C)=O. The number of amides is 2. The van der Waals surface area contributed by atoms with E-state index in [1.807, 2.05) is 13.8 Å². The summed E-state index contributed by atoms with van der Waals surface area (Å²) in [6.07, 6.45) is 1.37. The molecule has 0 spiro atoms. The number of anilines is 2. The molecule has 0 radical (unpaired) electrons. The lowest BCUT2D eigenvalue weighted by Gasteiger charge is -2.16. The summed E-state index contributed by atoms with van der Waals surface area (Å²) in [4.78, 5) is 25.9. The van der Waals surface area contributed by atoms with Crippen molar-refractivity contribution in [1.82, 2.24) is 5.32 Å². The molecule has 0 aromatic heterocycles. The number of nitrogens with zero attached hydrogens (tertiary/aromatic N) is 1. The van der Waals surface area contributed by atoms with Crippen LogP contribution in [0.25, 0.3) is 0 Å². The first-order valence-corrected chi connectivity index (χ1v) is 11.0. The lowest BCUT2D eigenvalue weighted by atomic mass is 10.1. The van der Waals surface area contributed by atoms with Crippen LogP contribution in [-0.4, -0.2) is 32.8 Å². The van der Waals surface area contributed by atoms with Crippen LogP contribution >= 0.6 is 0 Å². The van der Waals surface area contributed by atoms with Crippen LogP contribution in [0.1, 0.15) is 43.1 Å². The maximum Gasteiger partial charge on any atom is 0.261 e. The molecule has 2 aromatic rings. The normalized spacial score (nSPS) is 14.2. The maximum atomic E-state index is 12.9. The van der Waals surface area contributed by atoms with Gasteiger partial charge in [-0.15, -0.1) is 0 Å². The van der Waals surface area contributed by atoms with E-state index in [-0.39, 0.29) is 34.0 Å². The Morgan fingerprint density at radius 1 is 1.17 bits per heavy atom. The molecular weight excluding hydrogens is 390 g/mol. The summed E-state index contributed by atoms with van der Waals surface area (Å²) in [5, 5.41) is 2.85. The molecular formula is C21H25N3O4S. The molecule has 1 aliphatic rings. The molecule has 29 heavy (non-hydrogen) atoms. The molecule has 1 heterocycles. The number of rotatable bonds is 6. The van der Waals surface area contributed by atoms with Gasteiger partial charge in [0, 0.05) is 25.2 Å². The van der Waals surface area contributed by atoms with Gasteiger partial charge in [-0.1, -0.05) is 19.1 Å². The van der Waals surface area contributed by atoms with Crippen molar-refractivity contribution in [3.8, 4) is 0 Å². The van der Waals surface area contributed by atoms with Gasteiger partial charge in [0.05, 0.1) is 16.1 Å². The standard InChI is InChI=1S/C21H25N3O4S/c1-4-14(2)22-21(26)18-7-5-6-8-19(18)23-29(27,28)17-9-10-20-16(13-17)11-12-24(20)15(3)25/h5-10,13-14,23H,4,11-12H2,1-3H3,(H,22,26)/t14-/m0/s1. The van der Waals surface area contributed by atoms with Crippen LogP contribution in [0.5, 0.6) is 0 Å². The molecule has 7 nitrogen and oxygen atoms in total. The van der Waals surface area contributed by atoms with Gasteiger partial charge in [-0.2, -0.15) is 0 Å². The quantitative estimate of drug-likeness (QED) is 0.758. The van der Waals surface area contributed by atoms with Gasteiger partial charge in [0.1, 0.15) is 0 Å². The van der Waals surface area contributed by atoms with Crippen molar-refractivity contribution in [3.63, 3.8) is 0 Å². The number of sulfonamides is 1. The second-order valence-corrected chi connectivity index (χ2v) is 8.83. The summed E-state index contributed by atoms with van der Waals surface area (Å²) < 4.78 is 28.4. The van der Waals surface area contributed by atoms with E-state index in [9.17, 15) is 18.0 Å². The molecule has 0 saturated carbocycles. The fourth-order valence-corrected chi connectivity index (χ4v) is 4.38. The van der Waals surface area contributed by atoms with Crippen molar-refractivity contribution in [2.24, 2.45) is 0 Å². The summed E-state index contributed by atoms with van der Waals surface area (Å²) >= 11 is 0. The Kier molecular flexibility index (Phi) is 5.93. The van der Waals surface area contributed by atoms with E-state index in [2.05, 4.69) is 10.0 Å². The van der Waals surface area contributed by atoms with Crippen LogP contribution in [0.15, 0.2) is 47.4 Å². The highest BCUT2D eigenvalue weighted by atomic mass is 32.2. The minimum atomic E-state index is -3.90. The molecule has 2 amide bonds. The topological polar surface area (TPSA) is 95.6 Å².